The second kappa shape index (κ2) is 3.97. The molecule has 0 bridgehead atoms. The van der Waals surface area contributed by atoms with Crippen LogP contribution in [0.3, 0.4) is 0 Å². The molecule has 0 aliphatic rings. The van der Waals surface area contributed by atoms with Gasteiger partial charge in [-0.15, -0.1) is 0 Å². The number of aromatic nitrogens is 1. The first-order valence-electron chi connectivity index (χ1n) is 4.75. The molecular formula is C12H10N2O. The van der Waals surface area contributed by atoms with Gasteiger partial charge in [0.2, 0.25) is 0 Å². The summed E-state index contributed by atoms with van der Waals surface area (Å²) in [7, 11) is 0. The minimum atomic E-state index is 0.235. The van der Waals surface area contributed by atoms with Crippen LogP contribution in [0, 0.1) is 11.3 Å². The molecule has 0 atom stereocenters. The van der Waals surface area contributed by atoms with Crippen molar-refractivity contribution >= 4 is 10.9 Å². The predicted molar refractivity (Wildman–Crippen MR) is 57.3 cm³/mol. The Morgan fingerprint density at radius 1 is 1.33 bits per heavy atom. The molecule has 0 saturated heterocycles. The van der Waals surface area contributed by atoms with Crippen LogP contribution >= 0.6 is 0 Å². The molecule has 15 heavy (non-hydrogen) atoms. The summed E-state index contributed by atoms with van der Waals surface area (Å²) < 4.78 is 0. The molecule has 0 aliphatic carbocycles. The van der Waals surface area contributed by atoms with E-state index in [1.165, 1.54) is 0 Å². The SMILES string of the molecule is N#CCCc1ccc2nccc(O)c2c1. The molecule has 74 valence electrons. The number of hydrogen-bond donors (Lipinski definition) is 1. The number of aryl methyl sites for hydroxylation is 1. The van der Waals surface area contributed by atoms with Gasteiger partial charge in [-0.2, -0.15) is 5.26 Å². The number of pyridine rings is 1. The van der Waals surface area contributed by atoms with Crippen LogP contribution < -0.4 is 0 Å². The Morgan fingerprint density at radius 2 is 2.20 bits per heavy atom. The van der Waals surface area contributed by atoms with E-state index in [2.05, 4.69) is 11.1 Å². The van der Waals surface area contributed by atoms with Gasteiger partial charge >= 0.3 is 0 Å². The highest BCUT2D eigenvalue weighted by atomic mass is 16.3. The molecule has 1 aromatic heterocycles. The van der Waals surface area contributed by atoms with Crippen LogP contribution in [-0.2, 0) is 6.42 Å². The largest absolute Gasteiger partial charge is 0.507 e. The fourth-order valence-corrected chi connectivity index (χ4v) is 1.53. The number of rotatable bonds is 2. The van der Waals surface area contributed by atoms with Crippen molar-refractivity contribution in [2.45, 2.75) is 12.8 Å². The maximum Gasteiger partial charge on any atom is 0.126 e. The van der Waals surface area contributed by atoms with E-state index in [9.17, 15) is 5.11 Å². The van der Waals surface area contributed by atoms with Gasteiger partial charge < -0.3 is 5.11 Å². The minimum Gasteiger partial charge on any atom is -0.507 e. The normalized spacial score (nSPS) is 10.1. The average Bonchev–Trinajstić information content (AvgIpc) is 2.27. The highest BCUT2D eigenvalue weighted by molar-refractivity contribution is 5.85. The van der Waals surface area contributed by atoms with Crippen LogP contribution in [0.1, 0.15) is 12.0 Å². The summed E-state index contributed by atoms with van der Waals surface area (Å²) in [5.41, 5.74) is 1.82. The molecule has 3 nitrogen and oxygen atoms in total. The van der Waals surface area contributed by atoms with Crippen molar-refractivity contribution < 1.29 is 5.11 Å². The van der Waals surface area contributed by atoms with Crippen LogP contribution in [0.5, 0.6) is 5.75 Å². The van der Waals surface area contributed by atoms with E-state index in [4.69, 9.17) is 5.26 Å². The molecule has 2 rings (SSSR count). The first kappa shape index (κ1) is 9.47. The molecule has 0 fully saturated rings. The molecule has 0 spiro atoms. The summed E-state index contributed by atoms with van der Waals surface area (Å²) in [6.45, 7) is 0. The highest BCUT2D eigenvalue weighted by Gasteiger charge is 2.01. The van der Waals surface area contributed by atoms with E-state index >= 15 is 0 Å². The lowest BCUT2D eigenvalue weighted by Crippen LogP contribution is -1.85. The van der Waals surface area contributed by atoms with Crippen LogP contribution in [-0.4, -0.2) is 10.1 Å². The van der Waals surface area contributed by atoms with E-state index < -0.39 is 0 Å². The average molecular weight is 198 g/mol. The van der Waals surface area contributed by atoms with Gasteiger partial charge in [0.1, 0.15) is 5.75 Å². The van der Waals surface area contributed by atoms with Crippen LogP contribution in [0.15, 0.2) is 30.5 Å². The van der Waals surface area contributed by atoms with E-state index in [1.807, 2.05) is 18.2 Å². The van der Waals surface area contributed by atoms with E-state index in [0.717, 1.165) is 16.5 Å². The van der Waals surface area contributed by atoms with Gasteiger partial charge in [-0.25, -0.2) is 0 Å². The van der Waals surface area contributed by atoms with Gasteiger partial charge in [0, 0.05) is 18.0 Å². The summed E-state index contributed by atoms with van der Waals surface area (Å²) in [6, 6.07) is 9.35. The zero-order valence-electron chi connectivity index (χ0n) is 8.14. The fourth-order valence-electron chi connectivity index (χ4n) is 1.53. The monoisotopic (exact) mass is 198 g/mol. The fraction of sp³-hybridized carbons (Fsp3) is 0.167. The van der Waals surface area contributed by atoms with Crippen molar-refractivity contribution in [2.24, 2.45) is 0 Å². The Hall–Kier alpha value is -2.08. The second-order valence-corrected chi connectivity index (χ2v) is 3.34. The van der Waals surface area contributed by atoms with Gasteiger partial charge in [0.05, 0.1) is 11.6 Å². The molecule has 1 heterocycles. The Balaban J connectivity index is 2.46. The molecule has 0 radical (unpaired) electrons. The Morgan fingerprint density at radius 3 is 3.00 bits per heavy atom. The third-order valence-electron chi connectivity index (χ3n) is 2.31. The van der Waals surface area contributed by atoms with Crippen molar-refractivity contribution in [3.8, 4) is 11.8 Å². The van der Waals surface area contributed by atoms with Gasteiger partial charge in [-0.3, -0.25) is 4.98 Å². The lowest BCUT2D eigenvalue weighted by Gasteiger charge is -2.02. The number of nitrogens with zero attached hydrogens (tertiary/aromatic N) is 2. The van der Waals surface area contributed by atoms with Crippen molar-refractivity contribution in [2.75, 3.05) is 0 Å². The zero-order chi connectivity index (χ0) is 10.7. The summed E-state index contributed by atoms with van der Waals surface area (Å²) in [5, 5.41) is 18.8. The smallest absolute Gasteiger partial charge is 0.126 e. The highest BCUT2D eigenvalue weighted by Crippen LogP contribution is 2.23. The molecule has 0 saturated carbocycles. The van der Waals surface area contributed by atoms with Crippen LogP contribution in [0.4, 0.5) is 0 Å². The quantitative estimate of drug-likeness (QED) is 0.806. The molecule has 1 aromatic carbocycles. The van der Waals surface area contributed by atoms with E-state index in [0.29, 0.717) is 12.8 Å². The Labute approximate surface area is 87.6 Å². The molecule has 0 aliphatic heterocycles. The van der Waals surface area contributed by atoms with Gasteiger partial charge in [-0.05, 0) is 30.2 Å². The maximum atomic E-state index is 9.62. The van der Waals surface area contributed by atoms with Gasteiger partial charge in [-0.1, -0.05) is 6.07 Å². The molecule has 0 amide bonds. The van der Waals surface area contributed by atoms with Crippen molar-refractivity contribution in [3.05, 3.63) is 36.0 Å². The zero-order valence-corrected chi connectivity index (χ0v) is 8.14. The summed E-state index contributed by atoms with van der Waals surface area (Å²) >= 11 is 0. The van der Waals surface area contributed by atoms with E-state index in [-0.39, 0.29) is 5.75 Å². The molecule has 0 unspecified atom stereocenters. The number of benzene rings is 1. The van der Waals surface area contributed by atoms with Crippen molar-refractivity contribution in [1.29, 1.82) is 5.26 Å². The lowest BCUT2D eigenvalue weighted by molar-refractivity contribution is 0.481. The molecular weight excluding hydrogens is 188 g/mol. The second-order valence-electron chi connectivity index (χ2n) is 3.34. The number of fused-ring (bicyclic) bond motifs is 1. The predicted octanol–water partition coefficient (Wildman–Crippen LogP) is 2.40. The number of hydrogen-bond acceptors (Lipinski definition) is 3. The molecule has 1 N–H and O–H groups in total. The van der Waals surface area contributed by atoms with Crippen molar-refractivity contribution in [3.63, 3.8) is 0 Å². The number of nitriles is 1. The minimum absolute atomic E-state index is 0.235. The third kappa shape index (κ3) is 1.89. The standard InChI is InChI=1S/C12H10N2O/c13-6-1-2-9-3-4-11-10(8-9)12(15)5-7-14-11/h3-5,7-8H,1-2H2,(H,14,15). The van der Waals surface area contributed by atoms with E-state index in [1.54, 1.807) is 12.3 Å². The van der Waals surface area contributed by atoms with Gasteiger partial charge in [0.25, 0.3) is 0 Å². The maximum absolute atomic E-state index is 9.62. The Bertz CT molecular complexity index is 529. The topological polar surface area (TPSA) is 56.9 Å². The Kier molecular flexibility index (Phi) is 2.51. The van der Waals surface area contributed by atoms with Crippen LogP contribution in [0.25, 0.3) is 10.9 Å². The summed E-state index contributed by atoms with van der Waals surface area (Å²) in [6.07, 6.45) is 2.78. The van der Waals surface area contributed by atoms with Crippen LogP contribution in [0.2, 0.25) is 0 Å². The summed E-state index contributed by atoms with van der Waals surface area (Å²) in [4.78, 5) is 4.14. The third-order valence-corrected chi connectivity index (χ3v) is 2.31. The van der Waals surface area contributed by atoms with Gasteiger partial charge in [0.15, 0.2) is 0 Å². The summed E-state index contributed by atoms with van der Waals surface area (Å²) in [5.74, 6) is 0.235. The first-order valence-corrected chi connectivity index (χ1v) is 4.75. The van der Waals surface area contributed by atoms with Crippen molar-refractivity contribution in [1.82, 2.24) is 4.98 Å². The molecule has 2 aromatic rings. The number of aromatic hydroxyl groups is 1. The molecule has 3 heteroatoms. The lowest BCUT2D eigenvalue weighted by atomic mass is 10.1. The first-order chi connectivity index (χ1) is 7.31.